The summed E-state index contributed by atoms with van der Waals surface area (Å²) in [6, 6.07) is 7.14. The first kappa shape index (κ1) is 12.4. The van der Waals surface area contributed by atoms with Gasteiger partial charge in [0, 0.05) is 6.04 Å². The van der Waals surface area contributed by atoms with Gasteiger partial charge >= 0.3 is 5.69 Å². The minimum Gasteiger partial charge on any atom is -0.267 e. The van der Waals surface area contributed by atoms with Crippen LogP contribution in [0.15, 0.2) is 33.2 Å². The van der Waals surface area contributed by atoms with Crippen molar-refractivity contribution in [3.8, 4) is 6.07 Å². The minimum absolute atomic E-state index is 0.0119. The quantitative estimate of drug-likeness (QED) is 0.906. The van der Waals surface area contributed by atoms with Crippen molar-refractivity contribution in [1.82, 2.24) is 19.7 Å². The van der Waals surface area contributed by atoms with Crippen LogP contribution in [0.2, 0.25) is 0 Å². The number of nitrogens with one attached hydrogen (secondary N) is 1. The molecule has 1 N–H and O–H groups in total. The van der Waals surface area contributed by atoms with Gasteiger partial charge in [-0.25, -0.2) is 14.9 Å². The first-order valence-electron chi connectivity index (χ1n) is 5.33. The molecule has 2 aromatic rings. The molecule has 92 valence electrons. The van der Waals surface area contributed by atoms with Gasteiger partial charge in [-0.2, -0.15) is 5.26 Å². The van der Waals surface area contributed by atoms with Gasteiger partial charge in [0.1, 0.15) is 16.8 Å². The van der Waals surface area contributed by atoms with Crippen molar-refractivity contribution >= 4 is 11.8 Å². The lowest BCUT2D eigenvalue weighted by molar-refractivity contribution is 0.534. The van der Waals surface area contributed by atoms with E-state index in [0.29, 0.717) is 15.9 Å². The zero-order valence-corrected chi connectivity index (χ0v) is 10.7. The molecule has 2 heterocycles. The highest BCUT2D eigenvalue weighted by molar-refractivity contribution is 7.99. The molecule has 7 heteroatoms. The predicted molar refractivity (Wildman–Crippen MR) is 66.3 cm³/mol. The van der Waals surface area contributed by atoms with Crippen molar-refractivity contribution in [2.45, 2.75) is 30.1 Å². The monoisotopic (exact) mass is 261 g/mol. The molecule has 0 aliphatic heterocycles. The molecule has 18 heavy (non-hydrogen) atoms. The second kappa shape index (κ2) is 5.06. The molecule has 0 saturated heterocycles. The molecule has 0 bridgehead atoms. The van der Waals surface area contributed by atoms with Gasteiger partial charge in [-0.05, 0) is 37.7 Å². The highest BCUT2D eigenvalue weighted by atomic mass is 32.2. The van der Waals surface area contributed by atoms with Crippen molar-refractivity contribution in [3.05, 3.63) is 34.4 Å². The Morgan fingerprint density at radius 2 is 2.28 bits per heavy atom. The van der Waals surface area contributed by atoms with Crippen LogP contribution in [0.1, 0.15) is 25.6 Å². The van der Waals surface area contributed by atoms with E-state index in [1.807, 2.05) is 19.9 Å². The number of rotatable bonds is 3. The largest absolute Gasteiger partial charge is 0.344 e. The smallest absolute Gasteiger partial charge is 0.267 e. The van der Waals surface area contributed by atoms with Crippen LogP contribution < -0.4 is 5.69 Å². The first-order chi connectivity index (χ1) is 8.61. The molecule has 0 unspecified atom stereocenters. The van der Waals surface area contributed by atoms with Crippen LogP contribution in [0.3, 0.4) is 0 Å². The summed E-state index contributed by atoms with van der Waals surface area (Å²) in [7, 11) is 0. The van der Waals surface area contributed by atoms with Crippen molar-refractivity contribution in [1.29, 1.82) is 5.26 Å². The molecular formula is C11H11N5OS. The van der Waals surface area contributed by atoms with Crippen molar-refractivity contribution < 1.29 is 0 Å². The normalized spacial score (nSPS) is 10.6. The summed E-state index contributed by atoms with van der Waals surface area (Å²) in [5.41, 5.74) is 0.0953. The van der Waals surface area contributed by atoms with Gasteiger partial charge in [0.05, 0.1) is 0 Å². The number of pyridine rings is 1. The van der Waals surface area contributed by atoms with Crippen molar-refractivity contribution in [2.75, 3.05) is 0 Å². The minimum atomic E-state index is -0.246. The van der Waals surface area contributed by atoms with E-state index in [9.17, 15) is 4.79 Å². The molecule has 0 atom stereocenters. The Bertz CT molecular complexity index is 652. The fraction of sp³-hybridized carbons (Fsp3) is 0.273. The molecule has 6 nitrogen and oxygen atoms in total. The highest BCUT2D eigenvalue weighted by Gasteiger charge is 2.13. The van der Waals surface area contributed by atoms with Gasteiger partial charge in [0.15, 0.2) is 5.16 Å². The molecule has 0 amide bonds. The summed E-state index contributed by atoms with van der Waals surface area (Å²) in [6.07, 6.45) is 0. The Kier molecular flexibility index (Phi) is 3.48. The number of aromatic nitrogens is 4. The summed E-state index contributed by atoms with van der Waals surface area (Å²) in [4.78, 5) is 15.7. The van der Waals surface area contributed by atoms with E-state index >= 15 is 0 Å². The first-order valence-corrected chi connectivity index (χ1v) is 6.15. The van der Waals surface area contributed by atoms with Crippen LogP contribution in [-0.4, -0.2) is 19.7 Å². The van der Waals surface area contributed by atoms with Crippen LogP contribution in [-0.2, 0) is 0 Å². The van der Waals surface area contributed by atoms with Gasteiger partial charge in [-0.15, -0.1) is 5.10 Å². The predicted octanol–water partition coefficient (Wildman–Crippen LogP) is 1.57. The molecular weight excluding hydrogens is 250 g/mol. The van der Waals surface area contributed by atoms with Gasteiger partial charge < -0.3 is 0 Å². The number of nitrogens with zero attached hydrogens (tertiary/aromatic N) is 4. The zero-order chi connectivity index (χ0) is 13.1. The standard InChI is InChI=1S/C11H11N5OS/c1-7(2)16-10(17)14-15-11(16)18-9-5-3-4-8(6-12)13-9/h3-5,7H,1-2H3,(H,14,17). The van der Waals surface area contributed by atoms with E-state index in [2.05, 4.69) is 15.2 Å². The summed E-state index contributed by atoms with van der Waals surface area (Å²) in [6.45, 7) is 3.81. The Labute approximate surface area is 108 Å². The molecule has 0 aliphatic rings. The molecule has 0 aromatic carbocycles. The van der Waals surface area contributed by atoms with Crippen LogP contribution in [0.4, 0.5) is 0 Å². The molecule has 2 aromatic heterocycles. The maximum atomic E-state index is 11.6. The SMILES string of the molecule is CC(C)n1c(Sc2cccc(C#N)n2)n[nH]c1=O. The third kappa shape index (κ3) is 2.43. The lowest BCUT2D eigenvalue weighted by Gasteiger charge is -2.07. The van der Waals surface area contributed by atoms with Gasteiger partial charge in [0.25, 0.3) is 0 Å². The molecule has 0 saturated carbocycles. The Morgan fingerprint density at radius 1 is 1.50 bits per heavy atom. The van der Waals surface area contributed by atoms with E-state index in [4.69, 9.17) is 5.26 Å². The van der Waals surface area contributed by atoms with E-state index in [-0.39, 0.29) is 11.7 Å². The zero-order valence-electron chi connectivity index (χ0n) is 9.91. The number of hydrogen-bond donors (Lipinski definition) is 1. The third-order valence-electron chi connectivity index (χ3n) is 2.22. The highest BCUT2D eigenvalue weighted by Crippen LogP contribution is 2.24. The lowest BCUT2D eigenvalue weighted by atomic mass is 10.4. The van der Waals surface area contributed by atoms with Gasteiger partial charge in [-0.1, -0.05) is 6.07 Å². The van der Waals surface area contributed by atoms with E-state index in [1.165, 1.54) is 11.8 Å². The van der Waals surface area contributed by atoms with Crippen LogP contribution >= 0.6 is 11.8 Å². The second-order valence-electron chi connectivity index (χ2n) is 3.85. The van der Waals surface area contributed by atoms with Gasteiger partial charge in [0.2, 0.25) is 0 Å². The maximum absolute atomic E-state index is 11.6. The average molecular weight is 261 g/mol. The van der Waals surface area contributed by atoms with E-state index in [0.717, 1.165) is 0 Å². The van der Waals surface area contributed by atoms with E-state index < -0.39 is 0 Å². The fourth-order valence-corrected chi connectivity index (χ4v) is 2.41. The molecule has 2 rings (SSSR count). The summed E-state index contributed by atoms with van der Waals surface area (Å²) in [5, 5.41) is 16.3. The van der Waals surface area contributed by atoms with Gasteiger partial charge in [-0.3, -0.25) is 4.57 Å². The molecule has 0 spiro atoms. The molecule has 0 aliphatic carbocycles. The van der Waals surface area contributed by atoms with Crippen LogP contribution in [0, 0.1) is 11.3 Å². The Morgan fingerprint density at radius 3 is 2.94 bits per heavy atom. The van der Waals surface area contributed by atoms with Crippen molar-refractivity contribution in [3.63, 3.8) is 0 Å². The lowest BCUT2D eigenvalue weighted by Crippen LogP contribution is -2.19. The topological polar surface area (TPSA) is 87.4 Å². The van der Waals surface area contributed by atoms with Crippen LogP contribution in [0.25, 0.3) is 0 Å². The maximum Gasteiger partial charge on any atom is 0.344 e. The van der Waals surface area contributed by atoms with Crippen molar-refractivity contribution in [2.24, 2.45) is 0 Å². The number of H-pyrrole nitrogens is 1. The van der Waals surface area contributed by atoms with E-state index in [1.54, 1.807) is 22.8 Å². The number of nitriles is 1. The Balaban J connectivity index is 2.35. The molecule has 0 radical (unpaired) electrons. The second-order valence-corrected chi connectivity index (χ2v) is 4.84. The summed E-state index contributed by atoms with van der Waals surface area (Å²) >= 11 is 1.25. The fourth-order valence-electron chi connectivity index (χ4n) is 1.45. The average Bonchev–Trinajstić information content (AvgIpc) is 2.70. The summed E-state index contributed by atoms with van der Waals surface area (Å²) < 4.78 is 1.55. The Hall–Kier alpha value is -2.07. The number of aromatic amines is 1. The number of hydrogen-bond acceptors (Lipinski definition) is 5. The summed E-state index contributed by atoms with van der Waals surface area (Å²) in [5.74, 6) is 0. The molecule has 0 fully saturated rings. The van der Waals surface area contributed by atoms with Crippen LogP contribution in [0.5, 0.6) is 0 Å². The third-order valence-corrected chi connectivity index (χ3v) is 3.13.